The molecule has 0 saturated carbocycles. The van der Waals surface area contributed by atoms with Crippen molar-refractivity contribution in [3.63, 3.8) is 0 Å². The van der Waals surface area contributed by atoms with Crippen LogP contribution in [0.1, 0.15) is 72.1 Å². The van der Waals surface area contributed by atoms with E-state index in [1.165, 1.54) is 34.2 Å². The number of hydrogen-bond acceptors (Lipinski definition) is 4. The Morgan fingerprint density at radius 2 is 1.68 bits per heavy atom. The third-order valence-corrected chi connectivity index (χ3v) is 10.7. The summed E-state index contributed by atoms with van der Waals surface area (Å²) in [7, 11) is 1.71. The number of nitrogens with zero attached hydrogens (tertiary/aromatic N) is 1. The van der Waals surface area contributed by atoms with E-state index in [1.54, 1.807) is 7.11 Å². The van der Waals surface area contributed by atoms with E-state index in [2.05, 4.69) is 111 Å². The van der Waals surface area contributed by atoms with Crippen LogP contribution in [-0.4, -0.2) is 20.3 Å². The predicted molar refractivity (Wildman–Crippen MR) is 188 cm³/mol. The minimum atomic E-state index is -0.823. The molecule has 5 aromatic carbocycles. The maximum Gasteiger partial charge on any atom is 0.178 e. The van der Waals surface area contributed by atoms with E-state index < -0.39 is 5.60 Å². The quantitative estimate of drug-likeness (QED) is 0.197. The maximum atomic E-state index is 9.76. The second-order valence-electron chi connectivity index (χ2n) is 13.7. The van der Waals surface area contributed by atoms with Crippen LogP contribution in [0.3, 0.4) is 0 Å². The first-order chi connectivity index (χ1) is 22.9. The van der Waals surface area contributed by atoms with Gasteiger partial charge in [0.2, 0.25) is 0 Å². The molecular weight excluding hydrogens is 578 g/mol. The third kappa shape index (κ3) is 4.76. The molecule has 2 atom stereocenters. The van der Waals surface area contributed by atoms with Crippen LogP contribution in [0, 0.1) is 17.2 Å². The molecule has 1 aliphatic carbocycles. The third-order valence-electron chi connectivity index (χ3n) is 10.7. The molecule has 2 unspecified atom stereocenters. The van der Waals surface area contributed by atoms with Crippen molar-refractivity contribution in [2.45, 2.75) is 50.5 Å². The van der Waals surface area contributed by atoms with Crippen LogP contribution in [0.5, 0.6) is 11.5 Å². The molecule has 0 spiro atoms. The zero-order valence-electron chi connectivity index (χ0n) is 27.3. The Hall–Kier alpha value is -4.85. The first-order valence-corrected chi connectivity index (χ1v) is 16.8. The summed E-state index contributed by atoms with van der Waals surface area (Å²) in [6.45, 7) is 6.27. The first kappa shape index (κ1) is 29.5. The summed E-state index contributed by atoms with van der Waals surface area (Å²) in [5.41, 5.74) is 8.91. The highest BCUT2D eigenvalue weighted by atomic mass is 16.5. The molecule has 8 rings (SSSR count). The summed E-state index contributed by atoms with van der Waals surface area (Å²) >= 11 is 0. The lowest BCUT2D eigenvalue weighted by molar-refractivity contribution is 0.141. The Balaban J connectivity index is 1.31. The van der Waals surface area contributed by atoms with Gasteiger partial charge in [-0.25, -0.2) is 0 Å². The van der Waals surface area contributed by atoms with Gasteiger partial charge in [-0.2, -0.15) is 5.26 Å². The summed E-state index contributed by atoms with van der Waals surface area (Å²) in [4.78, 5) is 0. The topological polar surface area (TPSA) is 51.5 Å². The molecule has 234 valence electrons. The highest BCUT2D eigenvalue weighted by molar-refractivity contribution is 6.09. The van der Waals surface area contributed by atoms with E-state index in [-0.39, 0.29) is 5.41 Å². The van der Waals surface area contributed by atoms with E-state index in [0.717, 1.165) is 71.4 Å². The van der Waals surface area contributed by atoms with E-state index in [0.29, 0.717) is 11.5 Å². The SMILES string of the molecule is COc1ccc2c3c(c4c(c2c1)OC(c1ccccc1)(c1ccc(CC2CCCOCC2)cc1)C=C4)C(C)(C)c1cc(C#N)ccc1-3. The number of nitriles is 1. The highest BCUT2D eigenvalue weighted by Crippen LogP contribution is 2.58. The fourth-order valence-corrected chi connectivity index (χ4v) is 8.22. The van der Waals surface area contributed by atoms with Gasteiger partial charge in [-0.05, 0) is 101 Å². The Bertz CT molecular complexity index is 2060. The molecule has 1 fully saturated rings. The normalized spacial score (nSPS) is 20.8. The lowest BCUT2D eigenvalue weighted by Gasteiger charge is -2.38. The van der Waals surface area contributed by atoms with Crippen LogP contribution >= 0.6 is 0 Å². The van der Waals surface area contributed by atoms with Gasteiger partial charge in [0.05, 0.1) is 18.7 Å². The van der Waals surface area contributed by atoms with E-state index in [1.807, 2.05) is 12.1 Å². The molecule has 4 heteroatoms. The summed E-state index contributed by atoms with van der Waals surface area (Å²) in [6, 6.07) is 34.4. The molecule has 5 aromatic rings. The molecule has 0 bridgehead atoms. The number of benzene rings is 5. The van der Waals surface area contributed by atoms with E-state index in [4.69, 9.17) is 14.2 Å². The van der Waals surface area contributed by atoms with Crippen LogP contribution in [-0.2, 0) is 22.2 Å². The lowest BCUT2D eigenvalue weighted by atomic mass is 9.76. The molecular formula is C43H39NO3. The Kier molecular flexibility index (Phi) is 7.19. The second-order valence-corrected chi connectivity index (χ2v) is 13.7. The molecule has 3 aliphatic rings. The zero-order chi connectivity index (χ0) is 32.2. The van der Waals surface area contributed by atoms with Gasteiger partial charge in [-0.3, -0.25) is 0 Å². The van der Waals surface area contributed by atoms with E-state index >= 15 is 0 Å². The van der Waals surface area contributed by atoms with Gasteiger partial charge in [0.1, 0.15) is 11.5 Å². The zero-order valence-corrected chi connectivity index (χ0v) is 27.3. The fraction of sp³-hybridized carbons (Fsp3) is 0.279. The molecule has 0 aromatic heterocycles. The Morgan fingerprint density at radius 3 is 2.47 bits per heavy atom. The monoisotopic (exact) mass is 617 g/mol. The summed E-state index contributed by atoms with van der Waals surface area (Å²) in [5, 5.41) is 11.9. The number of rotatable bonds is 5. The van der Waals surface area contributed by atoms with Crippen molar-refractivity contribution in [2.75, 3.05) is 20.3 Å². The van der Waals surface area contributed by atoms with Crippen molar-refractivity contribution >= 4 is 16.8 Å². The van der Waals surface area contributed by atoms with Crippen LogP contribution in [0.2, 0.25) is 0 Å². The molecule has 2 aliphatic heterocycles. The van der Waals surface area contributed by atoms with E-state index in [9.17, 15) is 5.26 Å². The highest BCUT2D eigenvalue weighted by Gasteiger charge is 2.44. The fourth-order valence-electron chi connectivity index (χ4n) is 8.22. The van der Waals surface area contributed by atoms with Gasteiger partial charge in [-0.1, -0.05) is 80.6 Å². The van der Waals surface area contributed by atoms with Crippen LogP contribution < -0.4 is 9.47 Å². The van der Waals surface area contributed by atoms with Crippen LogP contribution in [0.4, 0.5) is 0 Å². The number of fused-ring (bicyclic) bond motifs is 8. The Labute approximate surface area is 277 Å². The molecule has 4 nitrogen and oxygen atoms in total. The van der Waals surface area contributed by atoms with Gasteiger partial charge < -0.3 is 14.2 Å². The average Bonchev–Trinajstić information content (AvgIpc) is 3.24. The van der Waals surface area contributed by atoms with Gasteiger partial charge in [-0.15, -0.1) is 0 Å². The molecule has 0 N–H and O–H groups in total. The molecule has 1 saturated heterocycles. The Morgan fingerprint density at radius 1 is 0.872 bits per heavy atom. The van der Waals surface area contributed by atoms with Gasteiger partial charge in [0, 0.05) is 40.7 Å². The summed E-state index contributed by atoms with van der Waals surface area (Å²) in [6.07, 6.45) is 9.08. The van der Waals surface area contributed by atoms with Crippen molar-refractivity contribution in [2.24, 2.45) is 5.92 Å². The van der Waals surface area contributed by atoms with Crippen molar-refractivity contribution in [3.05, 3.63) is 136 Å². The molecule has 0 radical (unpaired) electrons. The van der Waals surface area contributed by atoms with Crippen molar-refractivity contribution in [1.82, 2.24) is 0 Å². The number of ether oxygens (including phenoxy) is 3. The average molecular weight is 618 g/mol. The minimum absolute atomic E-state index is 0.332. The number of methoxy groups -OCH3 is 1. The number of hydrogen-bond donors (Lipinski definition) is 0. The molecule has 0 amide bonds. The van der Waals surface area contributed by atoms with Gasteiger partial charge in [0.15, 0.2) is 5.60 Å². The van der Waals surface area contributed by atoms with Crippen molar-refractivity contribution in [1.29, 1.82) is 5.26 Å². The summed E-state index contributed by atoms with van der Waals surface area (Å²) in [5.74, 6) is 2.30. The summed E-state index contributed by atoms with van der Waals surface area (Å²) < 4.78 is 18.9. The van der Waals surface area contributed by atoms with Gasteiger partial charge >= 0.3 is 0 Å². The molecule has 47 heavy (non-hydrogen) atoms. The van der Waals surface area contributed by atoms with Crippen molar-refractivity contribution < 1.29 is 14.2 Å². The maximum absolute atomic E-state index is 9.76. The van der Waals surface area contributed by atoms with Crippen LogP contribution in [0.15, 0.2) is 97.1 Å². The standard InChI is InChI=1S/C43H39NO3/c1-42(2)38-25-30(27-44)13-17-35(38)39-34-18-16-33(45-3)26-37(34)41-36(40(39)42)19-21-43(47-41,31-9-5-4-6-10-31)32-14-11-29(12-15-32)24-28-8-7-22-46-23-20-28/h4-6,9-19,21,25-26,28H,7-8,20,22-24H2,1-3H3. The first-order valence-electron chi connectivity index (χ1n) is 16.8. The van der Waals surface area contributed by atoms with Crippen LogP contribution in [0.25, 0.3) is 28.0 Å². The smallest absolute Gasteiger partial charge is 0.178 e. The minimum Gasteiger partial charge on any atom is -0.497 e. The van der Waals surface area contributed by atoms with Gasteiger partial charge in [0.25, 0.3) is 0 Å². The lowest BCUT2D eigenvalue weighted by Crippen LogP contribution is -2.35. The van der Waals surface area contributed by atoms with Crippen molar-refractivity contribution in [3.8, 4) is 28.7 Å². The second kappa shape index (κ2) is 11.4. The largest absolute Gasteiger partial charge is 0.497 e. The predicted octanol–water partition coefficient (Wildman–Crippen LogP) is 9.73. The molecule has 2 heterocycles.